The van der Waals surface area contributed by atoms with E-state index in [0.29, 0.717) is 0 Å². The third kappa shape index (κ3) is 3.22. The molecular weight excluding hydrogens is 248 g/mol. The molecule has 0 aromatic heterocycles. The van der Waals surface area contributed by atoms with Crippen molar-refractivity contribution in [1.82, 2.24) is 10.2 Å². The van der Waals surface area contributed by atoms with Crippen LogP contribution in [0.5, 0.6) is 0 Å². The maximum Gasteiger partial charge on any atom is 0.331 e. The molecule has 1 heterocycles. The van der Waals surface area contributed by atoms with Crippen LogP contribution in [0.3, 0.4) is 0 Å². The van der Waals surface area contributed by atoms with Gasteiger partial charge in [-0.2, -0.15) is 0 Å². The smallest absolute Gasteiger partial charge is 0.331 e. The molecule has 2 atom stereocenters. The summed E-state index contributed by atoms with van der Waals surface area (Å²) < 4.78 is 26.5. The molecule has 0 aromatic rings. The summed E-state index contributed by atoms with van der Waals surface area (Å²) in [7, 11) is 0. The lowest BCUT2D eigenvalue weighted by Gasteiger charge is -2.24. The second-order valence-corrected chi connectivity index (χ2v) is 4.43. The van der Waals surface area contributed by atoms with E-state index in [1.54, 1.807) is 0 Å². The Morgan fingerprint density at radius 2 is 2.00 bits per heavy atom. The van der Waals surface area contributed by atoms with Crippen LogP contribution in [0, 0.1) is 0 Å². The van der Waals surface area contributed by atoms with E-state index in [2.05, 4.69) is 11.1 Å². The first-order chi connectivity index (χ1) is 8.14. The van der Waals surface area contributed by atoms with Gasteiger partial charge in [0.1, 0.15) is 6.04 Å². The summed E-state index contributed by atoms with van der Waals surface area (Å²) >= 11 is 0. The molecule has 3 amide bonds. The summed E-state index contributed by atoms with van der Waals surface area (Å²) in [5.41, 5.74) is 3.09. The van der Waals surface area contributed by atoms with E-state index in [4.69, 9.17) is 0 Å². The minimum absolute atomic E-state index is 0.445. The zero-order valence-electron chi connectivity index (χ0n) is 10.2. The minimum atomic E-state index is -3.09. The van der Waals surface area contributed by atoms with Crippen LogP contribution in [0.15, 0.2) is 0 Å². The van der Waals surface area contributed by atoms with E-state index in [9.17, 15) is 23.2 Å². The molecule has 18 heavy (non-hydrogen) atoms. The molecule has 8 heteroatoms. The first-order valence-corrected chi connectivity index (χ1v) is 5.45. The molecule has 0 aromatic carbocycles. The number of rotatable bonds is 3. The van der Waals surface area contributed by atoms with Crippen molar-refractivity contribution in [2.24, 2.45) is 0 Å². The Morgan fingerprint density at radius 3 is 2.44 bits per heavy atom. The first kappa shape index (κ1) is 14.5. The molecule has 6 nitrogen and oxygen atoms in total. The third-order valence-corrected chi connectivity index (χ3v) is 2.71. The van der Waals surface area contributed by atoms with Crippen molar-refractivity contribution in [3.63, 3.8) is 0 Å². The number of nitrogens with one attached hydrogen (secondary N) is 1. The number of quaternary nitrogens is 1. The fourth-order valence-corrected chi connectivity index (χ4v) is 1.95. The lowest BCUT2D eigenvalue weighted by atomic mass is 10.1. The second-order valence-electron chi connectivity index (χ2n) is 4.43. The van der Waals surface area contributed by atoms with Crippen molar-refractivity contribution in [3.8, 4) is 0 Å². The molecule has 1 fully saturated rings. The number of carbonyl (C=O) groups excluding carboxylic acids is 3. The topological polar surface area (TPSA) is 94.1 Å². The summed E-state index contributed by atoms with van der Waals surface area (Å²) in [6.07, 6.45) is -0.714. The standard InChI is InChI=1S/C10H15F2N3O3/c1-5(14-6(2)16)9(18)15-4-10(11,12)3-7(15)8(13)17/h5,7H,3-4H2,1-2H3,(H2,13,17)(H,14,16)/p+1. The number of hydrogen-bond acceptors (Lipinski definition) is 3. The number of halogens is 2. The lowest BCUT2D eigenvalue weighted by Crippen LogP contribution is -2.66. The fraction of sp³-hybridized carbons (Fsp3) is 0.700. The van der Waals surface area contributed by atoms with Crippen molar-refractivity contribution in [2.45, 2.75) is 38.3 Å². The number of nitrogens with zero attached hydrogens (tertiary/aromatic N) is 1. The highest BCUT2D eigenvalue weighted by molar-refractivity contribution is 5.89. The van der Waals surface area contributed by atoms with Crippen LogP contribution in [0.4, 0.5) is 8.78 Å². The van der Waals surface area contributed by atoms with Gasteiger partial charge >= 0.3 is 5.91 Å². The fourth-order valence-electron chi connectivity index (χ4n) is 1.95. The second kappa shape index (κ2) is 4.97. The van der Waals surface area contributed by atoms with E-state index < -0.39 is 48.7 Å². The van der Waals surface area contributed by atoms with Crippen LogP contribution in [0.25, 0.3) is 0 Å². The van der Waals surface area contributed by atoms with Crippen LogP contribution >= 0.6 is 0 Å². The third-order valence-electron chi connectivity index (χ3n) is 2.71. The molecule has 0 bridgehead atoms. The highest BCUT2D eigenvalue weighted by Crippen LogP contribution is 2.32. The SMILES string of the molecule is CC(=O)NC(C)C(=O)N1CC(F)(F)CC1C([NH3+])=O. The average Bonchev–Trinajstić information content (AvgIpc) is 2.52. The summed E-state index contributed by atoms with van der Waals surface area (Å²) in [6.45, 7) is 1.78. The van der Waals surface area contributed by atoms with Crippen molar-refractivity contribution in [1.29, 1.82) is 0 Å². The lowest BCUT2D eigenvalue weighted by molar-refractivity contribution is -0.310. The largest absolute Gasteiger partial charge is 0.345 e. The van der Waals surface area contributed by atoms with Gasteiger partial charge in [-0.25, -0.2) is 13.6 Å². The zero-order valence-corrected chi connectivity index (χ0v) is 10.2. The molecule has 0 radical (unpaired) electrons. The zero-order chi connectivity index (χ0) is 14.1. The van der Waals surface area contributed by atoms with E-state index in [0.717, 1.165) is 4.90 Å². The normalized spacial score (nSPS) is 23.6. The van der Waals surface area contributed by atoms with E-state index in [1.165, 1.54) is 13.8 Å². The molecule has 2 unspecified atom stereocenters. The van der Waals surface area contributed by atoms with Gasteiger partial charge in [0, 0.05) is 13.3 Å². The van der Waals surface area contributed by atoms with Gasteiger partial charge in [-0.05, 0) is 6.92 Å². The summed E-state index contributed by atoms with van der Waals surface area (Å²) in [6, 6.07) is -2.16. The first-order valence-electron chi connectivity index (χ1n) is 5.45. The van der Waals surface area contributed by atoms with Crippen LogP contribution in [0.2, 0.25) is 0 Å². The molecule has 1 aliphatic heterocycles. The van der Waals surface area contributed by atoms with E-state index >= 15 is 0 Å². The molecular formula is C10H16F2N3O3+. The van der Waals surface area contributed by atoms with Crippen LogP contribution < -0.4 is 11.1 Å². The van der Waals surface area contributed by atoms with Gasteiger partial charge in [0.15, 0.2) is 6.04 Å². The quantitative estimate of drug-likeness (QED) is 0.650. The molecule has 1 aliphatic rings. The maximum absolute atomic E-state index is 13.2. The van der Waals surface area contributed by atoms with Crippen molar-refractivity contribution >= 4 is 17.7 Å². The minimum Gasteiger partial charge on any atom is -0.345 e. The maximum atomic E-state index is 13.2. The Labute approximate surface area is 102 Å². The van der Waals surface area contributed by atoms with Crippen LogP contribution in [0.1, 0.15) is 20.3 Å². The predicted molar refractivity (Wildman–Crippen MR) is 56.2 cm³/mol. The van der Waals surface area contributed by atoms with Gasteiger partial charge in [0.25, 0.3) is 5.92 Å². The molecule has 0 spiro atoms. The Hall–Kier alpha value is -1.57. The summed E-state index contributed by atoms with van der Waals surface area (Å²) in [5, 5.41) is 2.30. The number of likely N-dealkylation sites (tertiary alicyclic amines) is 1. The molecule has 0 saturated carbocycles. The van der Waals surface area contributed by atoms with Gasteiger partial charge in [-0.1, -0.05) is 0 Å². The van der Waals surface area contributed by atoms with Crippen molar-refractivity contribution < 1.29 is 28.9 Å². The Kier molecular flexibility index (Phi) is 4.00. The van der Waals surface area contributed by atoms with Crippen molar-refractivity contribution in [2.75, 3.05) is 6.54 Å². The molecule has 1 saturated heterocycles. The predicted octanol–water partition coefficient (Wildman–Crippen LogP) is -1.48. The van der Waals surface area contributed by atoms with Gasteiger partial charge in [0.2, 0.25) is 11.8 Å². The van der Waals surface area contributed by atoms with Gasteiger partial charge in [0.05, 0.1) is 6.54 Å². The Morgan fingerprint density at radius 1 is 1.44 bits per heavy atom. The molecule has 4 N–H and O–H groups in total. The number of amides is 3. The summed E-state index contributed by atoms with van der Waals surface area (Å²) in [5.74, 6) is -4.97. The van der Waals surface area contributed by atoms with E-state index in [1.807, 2.05) is 0 Å². The van der Waals surface area contributed by atoms with Gasteiger partial charge < -0.3 is 10.2 Å². The van der Waals surface area contributed by atoms with Crippen LogP contribution in [-0.4, -0.2) is 47.2 Å². The highest BCUT2D eigenvalue weighted by atomic mass is 19.3. The average molecular weight is 264 g/mol. The Bertz CT molecular complexity index is 387. The molecule has 102 valence electrons. The Balaban J connectivity index is 2.83. The highest BCUT2D eigenvalue weighted by Gasteiger charge is 2.51. The van der Waals surface area contributed by atoms with Crippen LogP contribution in [-0.2, 0) is 14.4 Å². The van der Waals surface area contributed by atoms with Gasteiger partial charge in [-0.3, -0.25) is 15.3 Å². The number of carbonyl (C=O) groups is 3. The molecule has 0 aliphatic carbocycles. The number of alkyl halides is 2. The summed E-state index contributed by atoms with van der Waals surface area (Å²) in [4.78, 5) is 34.6. The van der Waals surface area contributed by atoms with Crippen molar-refractivity contribution in [3.05, 3.63) is 0 Å². The molecule has 1 rings (SSSR count). The monoisotopic (exact) mass is 264 g/mol. The van der Waals surface area contributed by atoms with E-state index in [-0.39, 0.29) is 0 Å². The van der Waals surface area contributed by atoms with Gasteiger partial charge in [-0.15, -0.1) is 0 Å². The number of hydrogen-bond donors (Lipinski definition) is 2.